The van der Waals surface area contributed by atoms with Crippen molar-refractivity contribution in [3.63, 3.8) is 0 Å². The Morgan fingerprint density at radius 2 is 1.41 bits per heavy atom. The molecule has 0 aliphatic rings. The fourth-order valence-electron chi connectivity index (χ4n) is 1.79. The Kier molecular flexibility index (Phi) is 19.9. The van der Waals surface area contributed by atoms with Gasteiger partial charge in [-0.15, -0.1) is 0 Å². The molecule has 0 spiro atoms. The highest BCUT2D eigenvalue weighted by Crippen LogP contribution is 2.05. The van der Waals surface area contributed by atoms with Crippen LogP contribution in [-0.2, 0) is 40.0 Å². The Morgan fingerprint density at radius 3 is 1.86 bits per heavy atom. The number of esters is 3. The van der Waals surface area contributed by atoms with E-state index >= 15 is 0 Å². The maximum absolute atomic E-state index is 11.1. The molecule has 1 rings (SSSR count). The van der Waals surface area contributed by atoms with Crippen molar-refractivity contribution in [2.75, 3.05) is 19.8 Å². The first-order chi connectivity index (χ1) is 17.4. The van der Waals surface area contributed by atoms with Gasteiger partial charge in [0.1, 0.15) is 19.8 Å². The third-order valence-electron chi connectivity index (χ3n) is 3.85. The molecule has 0 aromatic heterocycles. The summed E-state index contributed by atoms with van der Waals surface area (Å²) in [7, 11) is 0. The number of allylic oxidation sites excluding steroid dienone is 1. The topological polar surface area (TPSA) is 136 Å². The van der Waals surface area contributed by atoms with Crippen LogP contribution in [0, 0.1) is 0 Å². The van der Waals surface area contributed by atoms with Gasteiger partial charge in [-0.3, -0.25) is 0 Å². The predicted molar refractivity (Wildman–Crippen MR) is 140 cm³/mol. The summed E-state index contributed by atoms with van der Waals surface area (Å²) in [5, 5.41) is 16.9. The lowest BCUT2D eigenvalue weighted by Crippen LogP contribution is -2.10. The number of aliphatic hydroxyl groups is 1. The van der Waals surface area contributed by atoms with Gasteiger partial charge in [0, 0.05) is 22.3 Å². The summed E-state index contributed by atoms with van der Waals surface area (Å²) in [5.41, 5.74) is 2.13. The molecule has 9 nitrogen and oxygen atoms in total. The van der Waals surface area contributed by atoms with Gasteiger partial charge in [-0.05, 0) is 32.8 Å². The molecule has 0 saturated carbocycles. The summed E-state index contributed by atoms with van der Waals surface area (Å²) in [5.74, 6) is -2.37. The van der Waals surface area contributed by atoms with E-state index in [1.54, 1.807) is 13.8 Å². The summed E-state index contributed by atoms with van der Waals surface area (Å²) in [6.45, 7) is 18.6. The van der Waals surface area contributed by atoms with Crippen molar-refractivity contribution >= 4 is 23.9 Å². The lowest BCUT2D eigenvalue weighted by atomic mass is 10.1. The second-order valence-corrected chi connectivity index (χ2v) is 7.37. The zero-order valence-corrected chi connectivity index (χ0v) is 21.7. The number of ether oxygens (including phenoxy) is 3. The standard InChI is InChI=1S/C11H12O2.C10H14O5.C7H10O2/c1-9(2)11(12)13-8-10-6-4-3-5-7-10;1-7(9(12)13)3-4-8(2)10(14)15-6-5-11;1-4-5-9-7(8)6(2)3/h3-7H,1,8H2,2H3;3,11H,2,4-6H2,1H3,(H,12,13);4H,1-2,5H2,3H3. The number of benzene rings is 1. The molecule has 0 fully saturated rings. The van der Waals surface area contributed by atoms with E-state index in [0.717, 1.165) is 5.56 Å². The van der Waals surface area contributed by atoms with E-state index in [0.29, 0.717) is 17.8 Å². The molecule has 0 bridgehead atoms. The first-order valence-electron chi connectivity index (χ1n) is 11.0. The van der Waals surface area contributed by atoms with Crippen LogP contribution in [0.25, 0.3) is 0 Å². The maximum Gasteiger partial charge on any atom is 0.333 e. The smallest absolute Gasteiger partial charge is 0.333 e. The van der Waals surface area contributed by atoms with E-state index in [2.05, 4.69) is 35.8 Å². The number of hydrogen-bond acceptors (Lipinski definition) is 8. The van der Waals surface area contributed by atoms with Gasteiger partial charge >= 0.3 is 23.9 Å². The van der Waals surface area contributed by atoms with Gasteiger partial charge in [-0.1, -0.05) is 68.8 Å². The lowest BCUT2D eigenvalue weighted by molar-refractivity contribution is -0.140. The van der Waals surface area contributed by atoms with Gasteiger partial charge in [0.15, 0.2) is 0 Å². The first kappa shape index (κ1) is 34.9. The molecular formula is C28H36O9. The van der Waals surface area contributed by atoms with E-state index in [9.17, 15) is 19.2 Å². The van der Waals surface area contributed by atoms with Crippen molar-refractivity contribution in [2.24, 2.45) is 0 Å². The van der Waals surface area contributed by atoms with Crippen LogP contribution in [0.5, 0.6) is 0 Å². The van der Waals surface area contributed by atoms with E-state index < -0.39 is 11.9 Å². The average Bonchev–Trinajstić information content (AvgIpc) is 2.88. The molecule has 2 N–H and O–H groups in total. The van der Waals surface area contributed by atoms with Crippen molar-refractivity contribution in [1.29, 1.82) is 0 Å². The Bertz CT molecular complexity index is 973. The summed E-state index contributed by atoms with van der Waals surface area (Å²) >= 11 is 0. The summed E-state index contributed by atoms with van der Waals surface area (Å²) < 4.78 is 14.1. The molecule has 202 valence electrons. The van der Waals surface area contributed by atoms with Crippen molar-refractivity contribution in [1.82, 2.24) is 0 Å². The Hall–Kier alpha value is -4.24. The van der Waals surface area contributed by atoms with Crippen LogP contribution >= 0.6 is 0 Å². The molecule has 1 aromatic rings. The van der Waals surface area contributed by atoms with Crippen LogP contribution in [0.1, 0.15) is 32.8 Å². The highest BCUT2D eigenvalue weighted by molar-refractivity contribution is 5.89. The summed E-state index contributed by atoms with van der Waals surface area (Å²) in [4.78, 5) is 43.0. The van der Waals surface area contributed by atoms with Crippen LogP contribution in [0.4, 0.5) is 0 Å². The molecule has 37 heavy (non-hydrogen) atoms. The molecule has 0 heterocycles. The SMILES string of the molecule is C=C(C)C(=O)OCc1ccccc1.C=C(CC=C(C)C(=O)O)C(=O)OCCO.C=CCOC(=O)C(=C)C. The molecule has 9 heteroatoms. The van der Waals surface area contributed by atoms with Crippen molar-refractivity contribution in [2.45, 2.75) is 33.8 Å². The van der Waals surface area contributed by atoms with Crippen molar-refractivity contribution < 1.29 is 43.6 Å². The van der Waals surface area contributed by atoms with Crippen LogP contribution in [0.2, 0.25) is 0 Å². The number of carbonyl (C=O) groups is 4. The van der Waals surface area contributed by atoms with Crippen LogP contribution in [-0.4, -0.2) is 53.9 Å². The lowest BCUT2D eigenvalue weighted by Gasteiger charge is -2.03. The zero-order valence-electron chi connectivity index (χ0n) is 21.7. The largest absolute Gasteiger partial charge is 0.478 e. The number of carbonyl (C=O) groups excluding carboxylic acids is 3. The number of carboxylic acid groups (broad SMARTS) is 1. The normalized spacial score (nSPS) is 9.68. The van der Waals surface area contributed by atoms with Crippen molar-refractivity contribution in [3.05, 3.63) is 96.7 Å². The molecule has 0 amide bonds. The minimum absolute atomic E-state index is 0.0838. The minimum Gasteiger partial charge on any atom is -0.478 e. The molecule has 0 radical (unpaired) electrons. The molecule has 0 aliphatic heterocycles. The Labute approximate surface area is 218 Å². The molecule has 0 unspecified atom stereocenters. The summed E-state index contributed by atoms with van der Waals surface area (Å²) in [6.07, 6.45) is 3.02. The maximum atomic E-state index is 11.1. The van der Waals surface area contributed by atoms with Gasteiger partial charge in [0.25, 0.3) is 0 Å². The third kappa shape index (κ3) is 19.7. The van der Waals surface area contributed by atoms with Gasteiger partial charge < -0.3 is 24.4 Å². The van der Waals surface area contributed by atoms with E-state index in [4.69, 9.17) is 14.9 Å². The number of rotatable bonds is 12. The highest BCUT2D eigenvalue weighted by Gasteiger charge is 2.08. The summed E-state index contributed by atoms with van der Waals surface area (Å²) in [6, 6.07) is 9.55. The molecule has 0 saturated heterocycles. The second kappa shape index (κ2) is 21.1. The highest BCUT2D eigenvalue weighted by atomic mass is 16.5. The molecule has 0 aliphatic carbocycles. The number of hydrogen-bond donors (Lipinski definition) is 2. The second-order valence-electron chi connectivity index (χ2n) is 7.37. The number of carboxylic acids is 1. The number of aliphatic carboxylic acids is 1. The van der Waals surface area contributed by atoms with E-state index in [1.807, 2.05) is 30.3 Å². The van der Waals surface area contributed by atoms with Gasteiger partial charge in [0.2, 0.25) is 0 Å². The minimum atomic E-state index is -1.04. The quantitative estimate of drug-likeness (QED) is 0.182. The number of aliphatic hydroxyl groups excluding tert-OH is 1. The predicted octanol–water partition coefficient (Wildman–Crippen LogP) is 4.10. The zero-order chi connectivity index (χ0) is 28.8. The fourth-order valence-corrected chi connectivity index (χ4v) is 1.79. The van der Waals surface area contributed by atoms with Crippen LogP contribution in [0.15, 0.2) is 91.1 Å². The van der Waals surface area contributed by atoms with E-state index in [-0.39, 0.29) is 49.3 Å². The molecular weight excluding hydrogens is 480 g/mol. The van der Waals surface area contributed by atoms with Gasteiger partial charge in [0.05, 0.1) is 6.61 Å². The molecule has 1 aromatic carbocycles. The third-order valence-corrected chi connectivity index (χ3v) is 3.85. The Balaban J connectivity index is 0. The monoisotopic (exact) mass is 516 g/mol. The first-order valence-corrected chi connectivity index (χ1v) is 11.0. The molecule has 0 atom stereocenters. The van der Waals surface area contributed by atoms with Crippen LogP contribution in [0.3, 0.4) is 0 Å². The van der Waals surface area contributed by atoms with Crippen molar-refractivity contribution in [3.8, 4) is 0 Å². The van der Waals surface area contributed by atoms with Gasteiger partial charge in [-0.2, -0.15) is 0 Å². The fraction of sp³-hybridized carbons (Fsp3) is 0.286. The van der Waals surface area contributed by atoms with E-state index in [1.165, 1.54) is 19.1 Å². The Morgan fingerprint density at radius 1 is 0.865 bits per heavy atom. The van der Waals surface area contributed by atoms with Crippen LogP contribution < -0.4 is 0 Å². The van der Waals surface area contributed by atoms with Gasteiger partial charge in [-0.25, -0.2) is 19.2 Å². The average molecular weight is 517 g/mol.